The van der Waals surface area contributed by atoms with Crippen LogP contribution in [0.3, 0.4) is 0 Å². The Bertz CT molecular complexity index is 1120. The number of ether oxygens (including phenoxy) is 1. The highest BCUT2D eigenvalue weighted by atomic mass is 32.2. The lowest BCUT2D eigenvalue weighted by Crippen LogP contribution is -2.49. The summed E-state index contributed by atoms with van der Waals surface area (Å²) in [6, 6.07) is 14.0. The minimum Gasteiger partial charge on any atom is -0.497 e. The summed E-state index contributed by atoms with van der Waals surface area (Å²) in [5.41, 5.74) is 2.45. The molecular weight excluding hydrogens is 490 g/mol. The summed E-state index contributed by atoms with van der Waals surface area (Å²) >= 11 is 0. The molecule has 0 heterocycles. The van der Waals surface area contributed by atoms with Crippen LogP contribution in [0.25, 0.3) is 0 Å². The highest BCUT2D eigenvalue weighted by Crippen LogP contribution is 2.21. The number of rotatable bonds is 15. The zero-order valence-electron chi connectivity index (χ0n) is 22.7. The highest BCUT2D eigenvalue weighted by Gasteiger charge is 2.28. The summed E-state index contributed by atoms with van der Waals surface area (Å²) in [4.78, 5) is 28.1. The van der Waals surface area contributed by atoms with E-state index in [0.717, 1.165) is 30.2 Å². The molecular formula is C28H41N3O5S. The number of nitrogens with zero attached hydrogens (tertiary/aromatic N) is 2. The Morgan fingerprint density at radius 2 is 1.76 bits per heavy atom. The molecule has 2 rings (SSSR count). The fourth-order valence-electron chi connectivity index (χ4n) is 4.11. The van der Waals surface area contributed by atoms with Gasteiger partial charge in [-0.05, 0) is 56.0 Å². The molecule has 1 N–H and O–H groups in total. The number of aryl methyl sites for hydroxylation is 1. The van der Waals surface area contributed by atoms with Gasteiger partial charge in [-0.25, -0.2) is 8.42 Å². The standard InChI is InChI=1S/C28H41N3O5S/c1-6-8-18-29-28(33)26(7-2)30(21-23-11-9-12-25(20-23)36-4)27(32)13-10-19-31(37(5,34)35)24-16-14-22(3)15-17-24/h9,11-12,14-17,20,26H,6-8,10,13,18-19,21H2,1-5H3,(H,29,33)/t26-/m1/s1. The van der Waals surface area contributed by atoms with Gasteiger partial charge in [0.15, 0.2) is 0 Å². The first kappa shape index (κ1) is 30.2. The van der Waals surface area contributed by atoms with E-state index in [9.17, 15) is 18.0 Å². The predicted molar refractivity (Wildman–Crippen MR) is 148 cm³/mol. The fourth-order valence-corrected chi connectivity index (χ4v) is 5.07. The maximum atomic E-state index is 13.5. The van der Waals surface area contributed by atoms with Crippen LogP contribution in [0.4, 0.5) is 5.69 Å². The van der Waals surface area contributed by atoms with E-state index in [0.29, 0.717) is 30.8 Å². The minimum atomic E-state index is -3.52. The molecule has 0 bridgehead atoms. The van der Waals surface area contributed by atoms with E-state index in [1.807, 2.05) is 50.2 Å². The lowest BCUT2D eigenvalue weighted by Gasteiger charge is -2.31. The number of carbonyl (C=O) groups is 2. The molecule has 0 spiro atoms. The number of anilines is 1. The maximum absolute atomic E-state index is 13.5. The van der Waals surface area contributed by atoms with Gasteiger partial charge in [-0.2, -0.15) is 0 Å². The lowest BCUT2D eigenvalue weighted by atomic mass is 10.1. The molecule has 0 saturated heterocycles. The van der Waals surface area contributed by atoms with E-state index in [2.05, 4.69) is 12.2 Å². The summed E-state index contributed by atoms with van der Waals surface area (Å²) in [5.74, 6) is 0.300. The highest BCUT2D eigenvalue weighted by molar-refractivity contribution is 7.92. The van der Waals surface area contributed by atoms with Crippen molar-refractivity contribution in [3.05, 3.63) is 59.7 Å². The molecule has 0 fully saturated rings. The molecule has 0 radical (unpaired) electrons. The summed E-state index contributed by atoms with van der Waals surface area (Å²) in [5, 5.41) is 2.95. The van der Waals surface area contributed by atoms with E-state index in [1.165, 1.54) is 4.31 Å². The van der Waals surface area contributed by atoms with Crippen molar-refractivity contribution < 1.29 is 22.7 Å². The minimum absolute atomic E-state index is 0.112. The van der Waals surface area contributed by atoms with Crippen LogP contribution in [-0.2, 0) is 26.2 Å². The van der Waals surface area contributed by atoms with Crippen molar-refractivity contribution in [2.24, 2.45) is 0 Å². The number of unbranched alkanes of at least 4 members (excludes halogenated alkanes) is 1. The Kier molecular flexibility index (Phi) is 11.9. The third-order valence-electron chi connectivity index (χ3n) is 6.18. The largest absolute Gasteiger partial charge is 0.497 e. The van der Waals surface area contributed by atoms with Crippen LogP contribution in [0.5, 0.6) is 5.75 Å². The molecule has 0 aliphatic carbocycles. The first-order valence-corrected chi connectivity index (χ1v) is 14.7. The van der Waals surface area contributed by atoms with Crippen LogP contribution >= 0.6 is 0 Å². The molecule has 0 saturated carbocycles. The van der Waals surface area contributed by atoms with Crippen molar-refractivity contribution >= 4 is 27.5 Å². The van der Waals surface area contributed by atoms with Crippen molar-refractivity contribution in [1.29, 1.82) is 0 Å². The summed E-state index contributed by atoms with van der Waals surface area (Å²) in [7, 11) is -1.94. The van der Waals surface area contributed by atoms with Crippen LogP contribution in [0.1, 0.15) is 57.1 Å². The third-order valence-corrected chi connectivity index (χ3v) is 7.37. The van der Waals surface area contributed by atoms with Crippen LogP contribution in [0.15, 0.2) is 48.5 Å². The van der Waals surface area contributed by atoms with Gasteiger partial charge in [-0.15, -0.1) is 0 Å². The Balaban J connectivity index is 2.21. The topological polar surface area (TPSA) is 96.0 Å². The first-order valence-electron chi connectivity index (χ1n) is 12.8. The van der Waals surface area contributed by atoms with Gasteiger partial charge >= 0.3 is 0 Å². The predicted octanol–water partition coefficient (Wildman–Crippen LogP) is 4.27. The normalized spacial score (nSPS) is 12.0. The van der Waals surface area contributed by atoms with Crippen molar-refractivity contribution in [1.82, 2.24) is 10.2 Å². The fraction of sp³-hybridized carbons (Fsp3) is 0.500. The van der Waals surface area contributed by atoms with E-state index in [-0.39, 0.29) is 31.3 Å². The van der Waals surface area contributed by atoms with Gasteiger partial charge in [-0.3, -0.25) is 13.9 Å². The average Bonchev–Trinajstić information content (AvgIpc) is 2.86. The number of hydrogen-bond acceptors (Lipinski definition) is 5. The smallest absolute Gasteiger partial charge is 0.242 e. The molecule has 204 valence electrons. The average molecular weight is 532 g/mol. The second-order valence-corrected chi connectivity index (χ2v) is 11.1. The van der Waals surface area contributed by atoms with Crippen LogP contribution in [0.2, 0.25) is 0 Å². The molecule has 1 atom stereocenters. The zero-order chi connectivity index (χ0) is 27.4. The Hall–Kier alpha value is -3.07. The van der Waals surface area contributed by atoms with Crippen LogP contribution in [0, 0.1) is 6.92 Å². The van der Waals surface area contributed by atoms with Gasteiger partial charge in [0.25, 0.3) is 0 Å². The molecule has 0 aliphatic heterocycles. The summed E-state index contributed by atoms with van der Waals surface area (Å²) in [6.07, 6.45) is 3.89. The zero-order valence-corrected chi connectivity index (χ0v) is 23.5. The third kappa shape index (κ3) is 9.39. The molecule has 2 aromatic carbocycles. The van der Waals surface area contributed by atoms with Gasteiger partial charge in [0.2, 0.25) is 21.8 Å². The SMILES string of the molecule is CCCCNC(=O)[C@@H](CC)N(Cc1cccc(OC)c1)C(=O)CCCN(c1ccc(C)cc1)S(C)(=O)=O. The summed E-state index contributed by atoms with van der Waals surface area (Å²) < 4.78 is 31.6. The number of carbonyl (C=O) groups excluding carboxylic acids is 2. The Morgan fingerprint density at radius 3 is 2.35 bits per heavy atom. The van der Waals surface area contributed by atoms with E-state index >= 15 is 0 Å². The van der Waals surface area contributed by atoms with Crippen LogP contribution in [-0.4, -0.2) is 57.6 Å². The second kappa shape index (κ2) is 14.6. The number of nitrogens with one attached hydrogen (secondary N) is 1. The quantitative estimate of drug-likeness (QED) is 0.346. The van der Waals surface area contributed by atoms with E-state index < -0.39 is 16.1 Å². The first-order chi connectivity index (χ1) is 17.6. The van der Waals surface area contributed by atoms with Crippen molar-refractivity contribution in [2.75, 3.05) is 30.8 Å². The maximum Gasteiger partial charge on any atom is 0.242 e. The number of sulfonamides is 1. The molecule has 9 heteroatoms. The molecule has 2 amide bonds. The Morgan fingerprint density at radius 1 is 1.05 bits per heavy atom. The molecule has 0 unspecified atom stereocenters. The van der Waals surface area contributed by atoms with Gasteiger partial charge in [0.1, 0.15) is 11.8 Å². The van der Waals surface area contributed by atoms with Crippen LogP contribution < -0.4 is 14.4 Å². The van der Waals surface area contributed by atoms with E-state index in [1.54, 1.807) is 24.1 Å². The lowest BCUT2D eigenvalue weighted by molar-refractivity contribution is -0.141. The molecule has 2 aromatic rings. The van der Waals surface area contributed by atoms with E-state index in [4.69, 9.17) is 4.74 Å². The van der Waals surface area contributed by atoms with Gasteiger partial charge in [-0.1, -0.05) is 50.1 Å². The molecule has 8 nitrogen and oxygen atoms in total. The number of amides is 2. The van der Waals surface area contributed by atoms with Crippen molar-refractivity contribution in [3.8, 4) is 5.75 Å². The summed E-state index contributed by atoms with van der Waals surface area (Å²) in [6.45, 7) is 6.86. The van der Waals surface area contributed by atoms with Crippen molar-refractivity contribution in [2.45, 2.75) is 65.5 Å². The van der Waals surface area contributed by atoms with Gasteiger partial charge < -0.3 is 15.0 Å². The Labute approximate surface area is 222 Å². The van der Waals surface area contributed by atoms with Gasteiger partial charge in [0, 0.05) is 26.1 Å². The number of benzene rings is 2. The number of methoxy groups -OCH3 is 1. The monoisotopic (exact) mass is 531 g/mol. The molecule has 0 aromatic heterocycles. The molecule has 0 aliphatic rings. The second-order valence-electron chi connectivity index (χ2n) is 9.22. The number of hydrogen-bond donors (Lipinski definition) is 1. The molecule has 37 heavy (non-hydrogen) atoms. The van der Waals surface area contributed by atoms with Gasteiger partial charge in [0.05, 0.1) is 19.1 Å². The van der Waals surface area contributed by atoms with Crippen molar-refractivity contribution in [3.63, 3.8) is 0 Å².